The van der Waals surface area contributed by atoms with Crippen LogP contribution in [-0.4, -0.2) is 38.6 Å². The number of aromatic nitrogens is 5. The van der Waals surface area contributed by atoms with Gasteiger partial charge in [0, 0.05) is 18.7 Å². The zero-order valence-corrected chi connectivity index (χ0v) is 15.9. The van der Waals surface area contributed by atoms with Crippen LogP contribution < -0.4 is 9.64 Å². The van der Waals surface area contributed by atoms with Gasteiger partial charge in [-0.25, -0.2) is 4.98 Å². The van der Waals surface area contributed by atoms with Gasteiger partial charge in [-0.15, -0.1) is 4.80 Å². The monoisotopic (exact) mass is 373 g/mol. The highest BCUT2D eigenvalue weighted by molar-refractivity contribution is 5.77. The van der Waals surface area contributed by atoms with Crippen LogP contribution in [0.1, 0.15) is 30.3 Å². The van der Waals surface area contributed by atoms with Gasteiger partial charge in [0.05, 0.1) is 42.3 Å². The largest absolute Gasteiger partial charge is 0.497 e. The van der Waals surface area contributed by atoms with Gasteiger partial charge in [0.2, 0.25) is 0 Å². The molecule has 1 radical (unpaired) electrons. The smallest absolute Gasteiger partial charge is 0.130 e. The minimum atomic E-state index is 0.169. The van der Waals surface area contributed by atoms with E-state index in [2.05, 4.69) is 39.1 Å². The number of methoxy groups -OCH3 is 1. The SMILES string of the molecule is COc1ccc2[nH]c(C3CCCN3c3cc(C)c[c]c3-n3nccn3)nc2c1. The van der Waals surface area contributed by atoms with Crippen molar-refractivity contribution in [3.63, 3.8) is 0 Å². The minimum Gasteiger partial charge on any atom is -0.497 e. The number of fused-ring (bicyclic) bond motifs is 1. The van der Waals surface area contributed by atoms with E-state index in [0.29, 0.717) is 0 Å². The second-order valence-electron chi connectivity index (χ2n) is 7.09. The number of aromatic amines is 1. The van der Waals surface area contributed by atoms with E-state index in [4.69, 9.17) is 9.72 Å². The van der Waals surface area contributed by atoms with Gasteiger partial charge < -0.3 is 14.6 Å². The van der Waals surface area contributed by atoms with Crippen molar-refractivity contribution in [2.24, 2.45) is 0 Å². The first-order valence-corrected chi connectivity index (χ1v) is 9.42. The van der Waals surface area contributed by atoms with E-state index < -0.39 is 0 Å². The maximum atomic E-state index is 5.33. The van der Waals surface area contributed by atoms with Gasteiger partial charge in [-0.3, -0.25) is 0 Å². The highest BCUT2D eigenvalue weighted by Crippen LogP contribution is 2.38. The van der Waals surface area contributed by atoms with E-state index in [1.54, 1.807) is 24.3 Å². The Bertz CT molecular complexity index is 1120. The van der Waals surface area contributed by atoms with Crippen LogP contribution in [0.4, 0.5) is 5.69 Å². The molecule has 0 bridgehead atoms. The number of rotatable bonds is 4. The molecular weight excluding hydrogens is 352 g/mol. The molecule has 1 aliphatic rings. The summed E-state index contributed by atoms with van der Waals surface area (Å²) in [6.45, 7) is 3.04. The Morgan fingerprint density at radius 1 is 1.21 bits per heavy atom. The summed E-state index contributed by atoms with van der Waals surface area (Å²) in [6.07, 6.45) is 5.51. The number of anilines is 1. The van der Waals surface area contributed by atoms with E-state index in [1.165, 1.54) is 0 Å². The van der Waals surface area contributed by atoms with E-state index in [1.807, 2.05) is 24.3 Å². The normalized spacial score (nSPS) is 16.8. The zero-order valence-electron chi connectivity index (χ0n) is 15.9. The summed E-state index contributed by atoms with van der Waals surface area (Å²) in [5.74, 6) is 1.79. The molecule has 1 atom stereocenters. The third-order valence-electron chi connectivity index (χ3n) is 5.25. The third-order valence-corrected chi connectivity index (χ3v) is 5.25. The van der Waals surface area contributed by atoms with Crippen LogP contribution in [-0.2, 0) is 0 Å². The van der Waals surface area contributed by atoms with Crippen LogP contribution in [0.3, 0.4) is 0 Å². The molecule has 2 aromatic carbocycles. The van der Waals surface area contributed by atoms with Crippen molar-refractivity contribution < 1.29 is 4.74 Å². The average Bonchev–Trinajstić information content (AvgIpc) is 3.46. The molecule has 4 aromatic rings. The summed E-state index contributed by atoms with van der Waals surface area (Å²) in [4.78, 5) is 12.4. The molecule has 0 aliphatic carbocycles. The van der Waals surface area contributed by atoms with Crippen molar-refractivity contribution in [2.45, 2.75) is 25.8 Å². The summed E-state index contributed by atoms with van der Waals surface area (Å²) in [7, 11) is 1.67. The minimum absolute atomic E-state index is 0.169. The highest BCUT2D eigenvalue weighted by atomic mass is 16.5. The molecule has 141 valence electrons. The van der Waals surface area contributed by atoms with Gasteiger partial charge in [0.25, 0.3) is 0 Å². The van der Waals surface area contributed by atoms with Crippen molar-refractivity contribution in [1.82, 2.24) is 25.0 Å². The Labute approximate surface area is 163 Å². The quantitative estimate of drug-likeness (QED) is 0.592. The van der Waals surface area contributed by atoms with Crippen molar-refractivity contribution in [2.75, 3.05) is 18.6 Å². The lowest BCUT2D eigenvalue weighted by molar-refractivity contribution is 0.415. The first kappa shape index (κ1) is 16.8. The number of hydrogen-bond acceptors (Lipinski definition) is 5. The zero-order chi connectivity index (χ0) is 19.1. The van der Waals surface area contributed by atoms with Crippen molar-refractivity contribution in [1.29, 1.82) is 0 Å². The Balaban J connectivity index is 1.57. The van der Waals surface area contributed by atoms with Crippen molar-refractivity contribution in [3.05, 3.63) is 60.2 Å². The summed E-state index contributed by atoms with van der Waals surface area (Å²) in [5, 5.41) is 8.62. The molecule has 7 heteroatoms. The number of nitrogens with one attached hydrogen (secondary N) is 1. The molecule has 1 aliphatic heterocycles. The number of benzene rings is 2. The molecule has 2 aromatic heterocycles. The standard InChI is InChI=1S/C21H21N6O/c1-14-5-8-18(27-22-9-10-23-27)20(12-14)26-11-3-4-19(26)21-24-16-7-6-15(28-2)13-17(16)25-21/h5-7,9-10,12-13,19H,3-4,11H2,1-2H3,(H,24,25). The maximum Gasteiger partial charge on any atom is 0.130 e. The lowest BCUT2D eigenvalue weighted by Gasteiger charge is -2.27. The van der Waals surface area contributed by atoms with E-state index in [0.717, 1.165) is 58.9 Å². The van der Waals surface area contributed by atoms with E-state index in [9.17, 15) is 0 Å². The first-order valence-electron chi connectivity index (χ1n) is 9.42. The molecule has 0 saturated carbocycles. The molecular formula is C21H21N6O. The number of imidazole rings is 1. The number of H-pyrrole nitrogens is 1. The third kappa shape index (κ3) is 2.79. The lowest BCUT2D eigenvalue weighted by Crippen LogP contribution is -2.25. The molecule has 3 heterocycles. The Morgan fingerprint density at radius 2 is 2.07 bits per heavy atom. The van der Waals surface area contributed by atoms with Gasteiger partial charge in [-0.2, -0.15) is 10.2 Å². The Hall–Kier alpha value is -3.35. The van der Waals surface area contributed by atoms with Crippen LogP contribution in [0.5, 0.6) is 5.75 Å². The fraction of sp³-hybridized carbons (Fsp3) is 0.286. The fourth-order valence-corrected chi connectivity index (χ4v) is 3.92. The number of ether oxygens (including phenoxy) is 1. The molecule has 1 fully saturated rings. The molecule has 0 spiro atoms. The number of aryl methyl sites for hydroxylation is 1. The summed E-state index contributed by atoms with van der Waals surface area (Å²) < 4.78 is 5.33. The maximum absolute atomic E-state index is 5.33. The lowest BCUT2D eigenvalue weighted by atomic mass is 10.1. The van der Waals surface area contributed by atoms with Crippen molar-refractivity contribution >= 4 is 16.7 Å². The molecule has 28 heavy (non-hydrogen) atoms. The molecule has 1 unspecified atom stereocenters. The predicted molar refractivity (Wildman–Crippen MR) is 107 cm³/mol. The van der Waals surface area contributed by atoms with Crippen LogP contribution in [0.15, 0.2) is 42.7 Å². The Kier molecular flexibility index (Phi) is 4.00. The van der Waals surface area contributed by atoms with Gasteiger partial charge >= 0.3 is 0 Å². The molecule has 1 N–H and O–H groups in total. The van der Waals surface area contributed by atoms with Crippen LogP contribution in [0.2, 0.25) is 0 Å². The summed E-state index contributed by atoms with van der Waals surface area (Å²) in [5.41, 5.74) is 5.04. The van der Waals surface area contributed by atoms with Gasteiger partial charge in [0.1, 0.15) is 17.3 Å². The van der Waals surface area contributed by atoms with E-state index >= 15 is 0 Å². The topological polar surface area (TPSA) is 71.9 Å². The second kappa shape index (κ2) is 6.67. The molecule has 5 rings (SSSR count). The van der Waals surface area contributed by atoms with E-state index in [-0.39, 0.29) is 6.04 Å². The van der Waals surface area contributed by atoms with Crippen LogP contribution >= 0.6 is 0 Å². The predicted octanol–water partition coefficient (Wildman–Crippen LogP) is 3.60. The summed E-state index contributed by atoms with van der Waals surface area (Å²) >= 11 is 0. The molecule has 1 saturated heterocycles. The summed E-state index contributed by atoms with van der Waals surface area (Å²) in [6, 6.07) is 13.6. The molecule has 0 amide bonds. The highest BCUT2D eigenvalue weighted by Gasteiger charge is 2.31. The van der Waals surface area contributed by atoms with Gasteiger partial charge in [0.15, 0.2) is 0 Å². The molecule has 7 nitrogen and oxygen atoms in total. The number of nitrogens with zero attached hydrogens (tertiary/aromatic N) is 5. The second-order valence-corrected chi connectivity index (χ2v) is 7.09. The Morgan fingerprint density at radius 3 is 2.89 bits per heavy atom. The number of hydrogen-bond donors (Lipinski definition) is 1. The first-order chi connectivity index (χ1) is 13.7. The van der Waals surface area contributed by atoms with Crippen LogP contribution in [0, 0.1) is 13.0 Å². The van der Waals surface area contributed by atoms with Gasteiger partial charge in [-0.05, 0) is 49.6 Å². The average molecular weight is 373 g/mol. The van der Waals surface area contributed by atoms with Crippen LogP contribution in [0.25, 0.3) is 16.7 Å². The fourth-order valence-electron chi connectivity index (χ4n) is 3.92. The van der Waals surface area contributed by atoms with Crippen molar-refractivity contribution in [3.8, 4) is 11.4 Å². The van der Waals surface area contributed by atoms with Gasteiger partial charge in [-0.1, -0.05) is 0 Å².